The molecule has 0 radical (unpaired) electrons. The number of nitrogens with zero attached hydrogens (tertiary/aromatic N) is 3. The third-order valence-corrected chi connectivity index (χ3v) is 2.39. The van der Waals surface area contributed by atoms with Crippen LogP contribution in [0.1, 0.15) is 33.1 Å². The summed E-state index contributed by atoms with van der Waals surface area (Å²) in [4.78, 5) is 2.81. The summed E-state index contributed by atoms with van der Waals surface area (Å²) < 4.78 is 5.64. The van der Waals surface area contributed by atoms with Gasteiger partial charge >= 0.3 is 0 Å². The minimum atomic E-state index is 0.0396. The van der Waals surface area contributed by atoms with Gasteiger partial charge in [0.1, 0.15) is 0 Å². The van der Waals surface area contributed by atoms with Crippen LogP contribution in [-0.4, -0.2) is 18.2 Å². The molecule has 0 aromatic heterocycles. The zero-order chi connectivity index (χ0) is 8.97. The van der Waals surface area contributed by atoms with Crippen molar-refractivity contribution in [1.82, 2.24) is 0 Å². The Morgan fingerprint density at radius 2 is 2.33 bits per heavy atom. The van der Waals surface area contributed by atoms with Crippen LogP contribution in [-0.2, 0) is 4.74 Å². The van der Waals surface area contributed by atoms with Gasteiger partial charge < -0.3 is 4.74 Å². The Morgan fingerprint density at radius 1 is 1.58 bits per heavy atom. The number of ether oxygens (including phenoxy) is 1. The lowest BCUT2D eigenvalue weighted by Crippen LogP contribution is -2.35. The highest BCUT2D eigenvalue weighted by atomic mass is 16.5. The van der Waals surface area contributed by atoms with E-state index >= 15 is 0 Å². The second-order valence-electron chi connectivity index (χ2n) is 3.22. The molecule has 0 N–H and O–H groups in total. The normalized spacial score (nSPS) is 35.7. The van der Waals surface area contributed by atoms with Crippen molar-refractivity contribution in [2.75, 3.05) is 0 Å². The fourth-order valence-corrected chi connectivity index (χ4v) is 1.57. The molecule has 0 bridgehead atoms. The average Bonchev–Trinajstić information content (AvgIpc) is 2.09. The van der Waals surface area contributed by atoms with Crippen LogP contribution < -0.4 is 0 Å². The highest BCUT2D eigenvalue weighted by Crippen LogP contribution is 2.23. The lowest BCUT2D eigenvalue weighted by atomic mass is 9.99. The van der Waals surface area contributed by atoms with Crippen LogP contribution in [0.2, 0.25) is 0 Å². The Morgan fingerprint density at radius 3 is 2.83 bits per heavy atom. The van der Waals surface area contributed by atoms with Gasteiger partial charge in [-0.25, -0.2) is 0 Å². The molecule has 0 aliphatic carbocycles. The number of rotatable bonds is 2. The van der Waals surface area contributed by atoms with Gasteiger partial charge in [-0.3, -0.25) is 0 Å². The molecule has 0 spiro atoms. The van der Waals surface area contributed by atoms with Gasteiger partial charge in [0.25, 0.3) is 0 Å². The van der Waals surface area contributed by atoms with E-state index in [1.165, 1.54) is 0 Å². The lowest BCUT2D eigenvalue weighted by Gasteiger charge is -2.31. The molecule has 12 heavy (non-hydrogen) atoms. The standard InChI is InChI=1S/C8H15N3O/c1-3-7-4-5-8(10-11-9)6(2)12-7/h6-8H,3-5H2,1-2H3. The van der Waals surface area contributed by atoms with E-state index < -0.39 is 0 Å². The van der Waals surface area contributed by atoms with E-state index in [1.54, 1.807) is 0 Å². The molecule has 4 nitrogen and oxygen atoms in total. The smallest absolute Gasteiger partial charge is 0.0635 e. The van der Waals surface area contributed by atoms with E-state index in [2.05, 4.69) is 16.9 Å². The van der Waals surface area contributed by atoms with Crippen molar-refractivity contribution in [3.63, 3.8) is 0 Å². The Kier molecular flexibility index (Phi) is 3.38. The molecule has 1 fully saturated rings. The summed E-state index contributed by atoms with van der Waals surface area (Å²) in [5.74, 6) is 0. The molecule has 4 heteroatoms. The molecular formula is C8H15N3O. The van der Waals surface area contributed by atoms with E-state index in [1.807, 2.05) is 6.92 Å². The lowest BCUT2D eigenvalue weighted by molar-refractivity contribution is -0.0517. The highest BCUT2D eigenvalue weighted by molar-refractivity contribution is 4.81. The van der Waals surface area contributed by atoms with Gasteiger partial charge in [0.05, 0.1) is 18.2 Å². The predicted octanol–water partition coefficient (Wildman–Crippen LogP) is 2.64. The molecule has 68 valence electrons. The zero-order valence-corrected chi connectivity index (χ0v) is 7.60. The second kappa shape index (κ2) is 4.33. The Balaban J connectivity index is 2.47. The van der Waals surface area contributed by atoms with Gasteiger partial charge in [-0.1, -0.05) is 12.0 Å². The van der Waals surface area contributed by atoms with Gasteiger partial charge in [-0.15, -0.1) is 0 Å². The SMILES string of the molecule is CCC1CCC(N=[N+]=[N-])C(C)O1. The topological polar surface area (TPSA) is 58.0 Å². The quantitative estimate of drug-likeness (QED) is 0.356. The number of hydrogen-bond acceptors (Lipinski definition) is 2. The maximum Gasteiger partial charge on any atom is 0.0635 e. The van der Waals surface area contributed by atoms with Crippen LogP contribution in [0.15, 0.2) is 5.11 Å². The van der Waals surface area contributed by atoms with Gasteiger partial charge in [-0.2, -0.15) is 0 Å². The molecule has 3 unspecified atom stereocenters. The minimum Gasteiger partial charge on any atom is -0.375 e. The molecule has 1 rings (SSSR count). The van der Waals surface area contributed by atoms with E-state index in [4.69, 9.17) is 10.3 Å². The number of hydrogen-bond donors (Lipinski definition) is 0. The highest BCUT2D eigenvalue weighted by Gasteiger charge is 2.25. The number of azide groups is 1. The van der Waals surface area contributed by atoms with E-state index in [9.17, 15) is 0 Å². The molecule has 1 aliphatic rings. The van der Waals surface area contributed by atoms with Gasteiger partial charge in [0.2, 0.25) is 0 Å². The molecule has 3 atom stereocenters. The van der Waals surface area contributed by atoms with Crippen LogP contribution in [0, 0.1) is 0 Å². The largest absolute Gasteiger partial charge is 0.375 e. The fraction of sp³-hybridized carbons (Fsp3) is 1.00. The van der Waals surface area contributed by atoms with Crippen molar-refractivity contribution >= 4 is 0 Å². The molecule has 0 aromatic rings. The molecular weight excluding hydrogens is 154 g/mol. The van der Waals surface area contributed by atoms with Crippen LogP contribution in [0.25, 0.3) is 10.4 Å². The van der Waals surface area contributed by atoms with Crippen LogP contribution in [0.5, 0.6) is 0 Å². The maximum atomic E-state index is 8.26. The fourth-order valence-electron chi connectivity index (χ4n) is 1.57. The van der Waals surface area contributed by atoms with Gasteiger partial charge in [0, 0.05) is 4.91 Å². The minimum absolute atomic E-state index is 0.0396. The maximum absolute atomic E-state index is 8.26. The Labute approximate surface area is 72.5 Å². The van der Waals surface area contributed by atoms with Gasteiger partial charge in [-0.05, 0) is 31.7 Å². The summed E-state index contributed by atoms with van der Waals surface area (Å²) in [6.45, 7) is 4.09. The molecule has 0 aromatic carbocycles. The molecule has 1 aliphatic heterocycles. The molecule has 0 saturated carbocycles. The third-order valence-electron chi connectivity index (χ3n) is 2.39. The van der Waals surface area contributed by atoms with Crippen molar-refractivity contribution in [3.8, 4) is 0 Å². The summed E-state index contributed by atoms with van der Waals surface area (Å²) in [6.07, 6.45) is 3.48. The van der Waals surface area contributed by atoms with E-state index in [-0.39, 0.29) is 12.1 Å². The van der Waals surface area contributed by atoms with E-state index in [0.717, 1.165) is 19.3 Å². The van der Waals surface area contributed by atoms with Crippen LogP contribution in [0.4, 0.5) is 0 Å². The summed E-state index contributed by atoms with van der Waals surface area (Å²) in [7, 11) is 0. The van der Waals surface area contributed by atoms with Crippen molar-refractivity contribution in [2.24, 2.45) is 5.11 Å². The Hall–Kier alpha value is -0.730. The second-order valence-corrected chi connectivity index (χ2v) is 3.22. The van der Waals surface area contributed by atoms with Crippen molar-refractivity contribution in [3.05, 3.63) is 10.4 Å². The Bertz CT molecular complexity index is 189. The van der Waals surface area contributed by atoms with Crippen LogP contribution in [0.3, 0.4) is 0 Å². The molecule has 1 heterocycles. The first-order chi connectivity index (χ1) is 5.77. The first-order valence-corrected chi connectivity index (χ1v) is 4.47. The summed E-state index contributed by atoms with van der Waals surface area (Å²) >= 11 is 0. The average molecular weight is 169 g/mol. The van der Waals surface area contributed by atoms with Crippen molar-refractivity contribution in [2.45, 2.75) is 51.4 Å². The summed E-state index contributed by atoms with van der Waals surface area (Å²) in [5.41, 5.74) is 8.26. The molecule has 0 amide bonds. The van der Waals surface area contributed by atoms with Crippen molar-refractivity contribution in [1.29, 1.82) is 0 Å². The monoisotopic (exact) mass is 169 g/mol. The summed E-state index contributed by atoms with van der Waals surface area (Å²) in [6, 6.07) is 0.0396. The molecule has 1 saturated heterocycles. The summed E-state index contributed by atoms with van der Waals surface area (Å²) in [5, 5.41) is 3.69. The van der Waals surface area contributed by atoms with E-state index in [0.29, 0.717) is 6.10 Å². The first kappa shape index (κ1) is 9.36. The van der Waals surface area contributed by atoms with Crippen molar-refractivity contribution < 1.29 is 4.74 Å². The zero-order valence-electron chi connectivity index (χ0n) is 7.60. The third kappa shape index (κ3) is 2.13. The van der Waals surface area contributed by atoms with Crippen LogP contribution >= 0.6 is 0 Å². The predicted molar refractivity (Wildman–Crippen MR) is 46.8 cm³/mol. The first-order valence-electron chi connectivity index (χ1n) is 4.47. The van der Waals surface area contributed by atoms with Gasteiger partial charge in [0.15, 0.2) is 0 Å².